The molecule has 0 atom stereocenters. The Morgan fingerprint density at radius 1 is 1.09 bits per heavy atom. The zero-order valence-corrected chi connectivity index (χ0v) is 13.4. The van der Waals surface area contributed by atoms with Gasteiger partial charge in [0.05, 0.1) is 12.0 Å². The van der Waals surface area contributed by atoms with Crippen molar-refractivity contribution in [1.82, 2.24) is 0 Å². The molecule has 8 heteroatoms. The molecular weight excluding hydrogens is 322 g/mol. The maximum atomic E-state index is 11.0. The maximum Gasteiger partial charge on any atom is 0.360 e. The van der Waals surface area contributed by atoms with Crippen molar-refractivity contribution in [1.29, 1.82) is 0 Å². The number of aryl methyl sites for hydroxylation is 1. The van der Waals surface area contributed by atoms with Gasteiger partial charge in [0.2, 0.25) is 0 Å². The molecule has 0 fully saturated rings. The van der Waals surface area contributed by atoms with Crippen LogP contribution in [0.5, 0.6) is 5.75 Å². The Morgan fingerprint density at radius 3 is 2.13 bits per heavy atom. The van der Waals surface area contributed by atoms with Gasteiger partial charge < -0.3 is 9.57 Å². The second-order valence-corrected chi connectivity index (χ2v) is 5.82. The molecule has 0 saturated carbocycles. The first-order valence-corrected chi connectivity index (χ1v) is 7.82. The minimum Gasteiger partial charge on any atom is -0.496 e. The van der Waals surface area contributed by atoms with Gasteiger partial charge in [0.1, 0.15) is 11.3 Å². The predicted octanol–water partition coefficient (Wildman–Crippen LogP) is 1.97. The lowest BCUT2D eigenvalue weighted by Crippen LogP contribution is -2.11. The molecule has 124 valence electrons. The van der Waals surface area contributed by atoms with Crippen LogP contribution in [0.25, 0.3) is 0 Å². The topological polar surface area (TPSA) is 116 Å². The second kappa shape index (κ2) is 8.28. The van der Waals surface area contributed by atoms with Gasteiger partial charge in [0, 0.05) is 0 Å². The lowest BCUT2D eigenvalue weighted by Gasteiger charge is -2.04. The van der Waals surface area contributed by atoms with Crippen LogP contribution in [0, 0.1) is 6.92 Å². The molecule has 2 aromatic carbocycles. The van der Waals surface area contributed by atoms with Crippen molar-refractivity contribution in [2.75, 3.05) is 7.11 Å². The van der Waals surface area contributed by atoms with Gasteiger partial charge in [0.25, 0.3) is 10.1 Å². The summed E-state index contributed by atoms with van der Waals surface area (Å²) in [6.07, 6.45) is 0. The van der Waals surface area contributed by atoms with E-state index in [0.717, 1.165) is 5.56 Å². The number of hydrogen-bond donors (Lipinski definition) is 2. The molecule has 0 radical (unpaired) electrons. The first-order valence-electron chi connectivity index (χ1n) is 6.38. The summed E-state index contributed by atoms with van der Waals surface area (Å²) < 4.78 is 34.5. The summed E-state index contributed by atoms with van der Waals surface area (Å²) in [5.74, 6) is 4.57. The molecule has 0 unspecified atom stereocenters. The minimum absolute atomic E-state index is 0.0666. The van der Waals surface area contributed by atoms with E-state index in [1.165, 1.54) is 19.2 Å². The Bertz CT molecular complexity index is 756. The van der Waals surface area contributed by atoms with E-state index in [1.807, 2.05) is 6.92 Å². The quantitative estimate of drug-likeness (QED) is 0.648. The Morgan fingerprint density at radius 2 is 1.65 bits per heavy atom. The van der Waals surface area contributed by atoms with E-state index in [9.17, 15) is 13.2 Å². The van der Waals surface area contributed by atoms with E-state index < -0.39 is 16.1 Å². The van der Waals surface area contributed by atoms with Crippen LogP contribution in [0.4, 0.5) is 0 Å². The van der Waals surface area contributed by atoms with E-state index in [0.29, 0.717) is 11.3 Å². The molecule has 3 N–H and O–H groups in total. The average molecular weight is 339 g/mol. The van der Waals surface area contributed by atoms with Crippen LogP contribution in [-0.4, -0.2) is 26.0 Å². The molecule has 0 amide bonds. The van der Waals surface area contributed by atoms with E-state index in [1.54, 1.807) is 36.4 Å². The molecular formula is C15H17NO6S. The van der Waals surface area contributed by atoms with Crippen molar-refractivity contribution in [2.24, 2.45) is 5.90 Å². The normalized spacial score (nSPS) is 10.3. The number of nitrogens with two attached hydrogens (primary N) is 1. The molecule has 0 saturated heterocycles. The summed E-state index contributed by atoms with van der Waals surface area (Å²) in [4.78, 5) is 15.0. The van der Waals surface area contributed by atoms with Crippen LogP contribution in [0.3, 0.4) is 0 Å². The first kappa shape index (κ1) is 18.6. The van der Waals surface area contributed by atoms with E-state index in [2.05, 4.69) is 4.84 Å². The summed E-state index contributed by atoms with van der Waals surface area (Å²) in [6, 6.07) is 12.7. The van der Waals surface area contributed by atoms with Gasteiger partial charge in [-0.15, -0.1) is 0 Å². The number of hydrogen-bond acceptors (Lipinski definition) is 6. The molecule has 0 spiro atoms. The Labute approximate surface area is 134 Å². The standard InChI is InChI=1S/C8H9NO3.C7H8O3S/c1-11-7-5-3-2-4-6(7)8(10)12-9;1-6-2-4-7(5-3-6)11(8,9)10/h2-5H,9H2,1H3;2-5H,1H3,(H,8,9,10). The highest BCUT2D eigenvalue weighted by Crippen LogP contribution is 2.17. The molecule has 0 aromatic heterocycles. The van der Waals surface area contributed by atoms with Gasteiger partial charge in [-0.2, -0.15) is 14.3 Å². The lowest BCUT2D eigenvalue weighted by molar-refractivity contribution is 0.0499. The highest BCUT2D eigenvalue weighted by molar-refractivity contribution is 7.85. The fourth-order valence-electron chi connectivity index (χ4n) is 1.59. The smallest absolute Gasteiger partial charge is 0.360 e. The summed E-state index contributed by atoms with van der Waals surface area (Å²) in [5, 5.41) is 0. The fourth-order valence-corrected chi connectivity index (χ4v) is 2.07. The second-order valence-electron chi connectivity index (χ2n) is 4.39. The number of benzene rings is 2. The van der Waals surface area contributed by atoms with Gasteiger partial charge in [-0.25, -0.2) is 4.79 Å². The van der Waals surface area contributed by atoms with E-state index >= 15 is 0 Å². The van der Waals surface area contributed by atoms with Crippen LogP contribution in [-0.2, 0) is 15.0 Å². The number of para-hydroxylation sites is 1. The van der Waals surface area contributed by atoms with E-state index in [-0.39, 0.29) is 4.90 Å². The van der Waals surface area contributed by atoms with Crippen molar-refractivity contribution in [3.63, 3.8) is 0 Å². The molecule has 2 rings (SSSR count). The van der Waals surface area contributed by atoms with Crippen molar-refractivity contribution in [2.45, 2.75) is 11.8 Å². The third-order valence-corrected chi connectivity index (χ3v) is 3.62. The summed E-state index contributed by atoms with van der Waals surface area (Å²) in [6.45, 7) is 1.84. The molecule has 2 aromatic rings. The molecule has 0 aliphatic rings. The van der Waals surface area contributed by atoms with Crippen LogP contribution >= 0.6 is 0 Å². The largest absolute Gasteiger partial charge is 0.496 e. The molecule has 0 heterocycles. The molecule has 23 heavy (non-hydrogen) atoms. The zero-order chi connectivity index (χ0) is 17.5. The number of rotatable bonds is 3. The highest BCUT2D eigenvalue weighted by atomic mass is 32.2. The third kappa shape index (κ3) is 5.70. The molecule has 0 aliphatic carbocycles. The Hall–Kier alpha value is -2.42. The zero-order valence-electron chi connectivity index (χ0n) is 12.6. The SMILES string of the molecule is COc1ccccc1C(=O)ON.Cc1ccc(S(=O)(=O)O)cc1. The van der Waals surface area contributed by atoms with Crippen molar-refractivity contribution in [3.05, 3.63) is 59.7 Å². The number of carbonyl (C=O) groups excluding carboxylic acids is 1. The Kier molecular flexibility index (Phi) is 6.70. The minimum atomic E-state index is -4.02. The van der Waals surface area contributed by atoms with E-state index in [4.69, 9.17) is 15.2 Å². The number of ether oxygens (including phenoxy) is 1. The van der Waals surface area contributed by atoms with Crippen molar-refractivity contribution < 1.29 is 27.3 Å². The monoisotopic (exact) mass is 339 g/mol. The van der Waals surface area contributed by atoms with Crippen LogP contribution in [0.1, 0.15) is 15.9 Å². The average Bonchev–Trinajstić information content (AvgIpc) is 2.54. The molecule has 7 nitrogen and oxygen atoms in total. The summed E-state index contributed by atoms with van der Waals surface area (Å²) in [5.41, 5.74) is 1.28. The molecule has 0 aliphatic heterocycles. The summed E-state index contributed by atoms with van der Waals surface area (Å²) in [7, 11) is -2.54. The van der Waals surface area contributed by atoms with Crippen molar-refractivity contribution >= 4 is 16.1 Å². The highest BCUT2D eigenvalue weighted by Gasteiger charge is 2.11. The maximum absolute atomic E-state index is 11.0. The predicted molar refractivity (Wildman–Crippen MR) is 83.6 cm³/mol. The van der Waals surface area contributed by atoms with Gasteiger partial charge in [0.15, 0.2) is 0 Å². The number of methoxy groups -OCH3 is 1. The third-order valence-electron chi connectivity index (χ3n) is 2.75. The molecule has 0 bridgehead atoms. The fraction of sp³-hybridized carbons (Fsp3) is 0.133. The Balaban J connectivity index is 0.000000231. The van der Waals surface area contributed by atoms with Gasteiger partial charge in [-0.05, 0) is 31.2 Å². The van der Waals surface area contributed by atoms with Gasteiger partial charge in [-0.3, -0.25) is 4.55 Å². The van der Waals surface area contributed by atoms with Crippen molar-refractivity contribution in [3.8, 4) is 5.75 Å². The summed E-state index contributed by atoms with van der Waals surface area (Å²) >= 11 is 0. The van der Waals surface area contributed by atoms with Gasteiger partial charge >= 0.3 is 5.97 Å². The number of carbonyl (C=O) groups is 1. The van der Waals surface area contributed by atoms with Crippen LogP contribution < -0.4 is 10.6 Å². The van der Waals surface area contributed by atoms with Gasteiger partial charge in [-0.1, -0.05) is 29.8 Å². The first-order chi connectivity index (χ1) is 10.8. The lowest BCUT2D eigenvalue weighted by atomic mass is 10.2. The van der Waals surface area contributed by atoms with Crippen LogP contribution in [0.15, 0.2) is 53.4 Å². The van der Waals surface area contributed by atoms with Crippen LogP contribution in [0.2, 0.25) is 0 Å².